The van der Waals surface area contributed by atoms with E-state index in [1.54, 1.807) is 50.2 Å². The van der Waals surface area contributed by atoms with E-state index in [1.165, 1.54) is 6.07 Å². The lowest BCUT2D eigenvalue weighted by atomic mass is 10.0. The molecule has 0 saturated carbocycles. The Hall–Kier alpha value is -3.32. The number of fused-ring (bicyclic) bond motifs is 1. The summed E-state index contributed by atoms with van der Waals surface area (Å²) in [6.07, 6.45) is 0.261. The number of halogens is 1. The number of rotatable bonds is 7. The van der Waals surface area contributed by atoms with Gasteiger partial charge >= 0.3 is 5.97 Å². The van der Waals surface area contributed by atoms with Gasteiger partial charge in [0.2, 0.25) is 5.43 Å². The first-order valence-corrected chi connectivity index (χ1v) is 9.66. The molecule has 0 bridgehead atoms. The van der Waals surface area contributed by atoms with Crippen LogP contribution in [0.5, 0.6) is 5.75 Å². The number of ether oxygens (including phenoxy) is 1. The molecule has 1 atom stereocenters. The molecular formula is C22H20ClNO6. The van der Waals surface area contributed by atoms with E-state index >= 15 is 0 Å². The second-order valence-electron chi connectivity index (χ2n) is 6.68. The quantitative estimate of drug-likeness (QED) is 0.592. The van der Waals surface area contributed by atoms with Gasteiger partial charge in [0.1, 0.15) is 23.1 Å². The van der Waals surface area contributed by atoms with Crippen LogP contribution in [0.25, 0.3) is 22.1 Å². The maximum Gasteiger partial charge on any atom is 0.326 e. The molecule has 0 aliphatic heterocycles. The van der Waals surface area contributed by atoms with Crippen molar-refractivity contribution in [1.29, 1.82) is 0 Å². The Morgan fingerprint density at radius 1 is 1.20 bits per heavy atom. The Morgan fingerprint density at radius 3 is 2.53 bits per heavy atom. The Morgan fingerprint density at radius 2 is 1.90 bits per heavy atom. The van der Waals surface area contributed by atoms with Crippen molar-refractivity contribution < 1.29 is 23.8 Å². The van der Waals surface area contributed by atoms with Gasteiger partial charge in [-0.15, -0.1) is 0 Å². The molecule has 156 valence electrons. The van der Waals surface area contributed by atoms with Crippen LogP contribution in [0, 0.1) is 6.92 Å². The van der Waals surface area contributed by atoms with E-state index in [2.05, 4.69) is 5.32 Å². The van der Waals surface area contributed by atoms with Crippen LogP contribution in [0.15, 0.2) is 51.7 Å². The van der Waals surface area contributed by atoms with Crippen molar-refractivity contribution in [3.8, 4) is 16.9 Å². The molecule has 8 heteroatoms. The summed E-state index contributed by atoms with van der Waals surface area (Å²) in [6, 6.07) is 10.6. The highest BCUT2D eigenvalue weighted by molar-refractivity contribution is 6.30. The lowest BCUT2D eigenvalue weighted by Gasteiger charge is -2.13. The van der Waals surface area contributed by atoms with Gasteiger partial charge in [-0.2, -0.15) is 0 Å². The number of hydrogen-bond acceptors (Lipinski definition) is 5. The molecule has 3 aromatic rings. The van der Waals surface area contributed by atoms with E-state index in [-0.39, 0.29) is 18.5 Å². The number of carboxylic acids is 1. The number of carbonyl (C=O) groups excluding carboxylic acids is 1. The summed E-state index contributed by atoms with van der Waals surface area (Å²) in [5.41, 5.74) is 1.29. The highest BCUT2D eigenvalue weighted by atomic mass is 35.5. The maximum atomic E-state index is 13.0. The minimum absolute atomic E-state index is 0.187. The lowest BCUT2D eigenvalue weighted by Crippen LogP contribution is -2.42. The van der Waals surface area contributed by atoms with E-state index in [1.807, 2.05) is 0 Å². The number of carboxylic acid groups (broad SMARTS) is 1. The van der Waals surface area contributed by atoms with E-state index in [0.717, 1.165) is 0 Å². The van der Waals surface area contributed by atoms with Gasteiger partial charge in [0, 0.05) is 11.1 Å². The van der Waals surface area contributed by atoms with E-state index in [9.17, 15) is 14.4 Å². The minimum Gasteiger partial charge on any atom is -0.484 e. The molecule has 1 amide bonds. The van der Waals surface area contributed by atoms with E-state index in [0.29, 0.717) is 38.6 Å². The number of nitrogens with one attached hydrogen (secondary N) is 1. The fourth-order valence-electron chi connectivity index (χ4n) is 3.05. The standard InChI is InChI=1S/C22H20ClNO6/c1-3-17(22(27)28)24-19(25)11-29-15-8-9-16-18(10-15)30-12(2)20(21(16)26)13-4-6-14(23)7-5-13/h4-10,17H,3,11H2,1-2H3,(H,24,25)(H,27,28)/t17-/m0/s1. The number of aryl methyl sites for hydroxylation is 1. The average Bonchev–Trinajstić information content (AvgIpc) is 2.71. The van der Waals surface area contributed by atoms with E-state index < -0.39 is 17.9 Å². The van der Waals surface area contributed by atoms with Crippen LogP contribution in [0.3, 0.4) is 0 Å². The van der Waals surface area contributed by atoms with Gasteiger partial charge in [-0.1, -0.05) is 30.7 Å². The average molecular weight is 430 g/mol. The molecule has 1 aromatic heterocycles. The zero-order chi connectivity index (χ0) is 21.8. The van der Waals surface area contributed by atoms with Gasteiger partial charge in [0.05, 0.1) is 10.9 Å². The fourth-order valence-corrected chi connectivity index (χ4v) is 3.18. The topological polar surface area (TPSA) is 106 Å². The van der Waals surface area contributed by atoms with Crippen molar-refractivity contribution in [2.75, 3.05) is 6.61 Å². The van der Waals surface area contributed by atoms with Crippen LogP contribution in [-0.2, 0) is 9.59 Å². The van der Waals surface area contributed by atoms with Gasteiger partial charge in [-0.3, -0.25) is 9.59 Å². The van der Waals surface area contributed by atoms with Gasteiger partial charge in [-0.05, 0) is 43.2 Å². The van der Waals surface area contributed by atoms with Crippen molar-refractivity contribution in [3.63, 3.8) is 0 Å². The normalized spacial score (nSPS) is 11.8. The number of amides is 1. The van der Waals surface area contributed by atoms with Crippen molar-refractivity contribution in [2.45, 2.75) is 26.3 Å². The molecule has 1 heterocycles. The molecule has 2 aromatic carbocycles. The zero-order valence-corrected chi connectivity index (χ0v) is 17.2. The first-order valence-electron chi connectivity index (χ1n) is 9.28. The Balaban J connectivity index is 1.83. The molecule has 0 radical (unpaired) electrons. The van der Waals surface area contributed by atoms with Crippen LogP contribution in [0.4, 0.5) is 0 Å². The lowest BCUT2D eigenvalue weighted by molar-refractivity contribution is -0.142. The van der Waals surface area contributed by atoms with Crippen LogP contribution in [0.2, 0.25) is 5.02 Å². The summed E-state index contributed by atoms with van der Waals surface area (Å²) in [6.45, 7) is 3.00. The summed E-state index contributed by atoms with van der Waals surface area (Å²) in [5.74, 6) is -0.898. The van der Waals surface area contributed by atoms with Crippen molar-refractivity contribution in [1.82, 2.24) is 5.32 Å². The summed E-state index contributed by atoms with van der Waals surface area (Å²) in [5, 5.41) is 12.3. The molecule has 7 nitrogen and oxygen atoms in total. The maximum absolute atomic E-state index is 13.0. The second-order valence-corrected chi connectivity index (χ2v) is 7.12. The Bertz CT molecular complexity index is 1150. The fraction of sp³-hybridized carbons (Fsp3) is 0.227. The molecular weight excluding hydrogens is 410 g/mol. The number of benzene rings is 2. The van der Waals surface area contributed by atoms with Gasteiger partial charge in [-0.25, -0.2) is 4.79 Å². The number of hydrogen-bond donors (Lipinski definition) is 2. The molecule has 0 fully saturated rings. The van der Waals surface area contributed by atoms with Crippen molar-refractivity contribution >= 4 is 34.4 Å². The van der Waals surface area contributed by atoms with Gasteiger partial charge in [0.25, 0.3) is 5.91 Å². The molecule has 0 spiro atoms. The largest absolute Gasteiger partial charge is 0.484 e. The summed E-state index contributed by atoms with van der Waals surface area (Å²) < 4.78 is 11.3. The van der Waals surface area contributed by atoms with Crippen LogP contribution in [0.1, 0.15) is 19.1 Å². The van der Waals surface area contributed by atoms with Crippen LogP contribution < -0.4 is 15.5 Å². The Kier molecular flexibility index (Phi) is 6.42. The van der Waals surface area contributed by atoms with Gasteiger partial charge in [0.15, 0.2) is 6.61 Å². The molecule has 2 N–H and O–H groups in total. The third kappa shape index (κ3) is 4.63. The monoisotopic (exact) mass is 429 g/mol. The summed E-state index contributed by atoms with van der Waals surface area (Å²) in [7, 11) is 0. The first-order chi connectivity index (χ1) is 14.3. The molecule has 0 aliphatic carbocycles. The third-order valence-electron chi connectivity index (χ3n) is 4.58. The van der Waals surface area contributed by atoms with Crippen molar-refractivity contribution in [3.05, 3.63) is 63.5 Å². The molecule has 0 aliphatic rings. The summed E-state index contributed by atoms with van der Waals surface area (Å²) in [4.78, 5) is 35.9. The number of aliphatic carboxylic acids is 1. The highest BCUT2D eigenvalue weighted by Gasteiger charge is 2.18. The Labute approximate surface area is 177 Å². The minimum atomic E-state index is -1.11. The third-order valence-corrected chi connectivity index (χ3v) is 4.84. The smallest absolute Gasteiger partial charge is 0.326 e. The van der Waals surface area contributed by atoms with Crippen LogP contribution in [-0.4, -0.2) is 29.6 Å². The highest BCUT2D eigenvalue weighted by Crippen LogP contribution is 2.27. The molecule has 0 saturated heterocycles. The van der Waals surface area contributed by atoms with Crippen molar-refractivity contribution in [2.24, 2.45) is 0 Å². The van der Waals surface area contributed by atoms with Gasteiger partial charge < -0.3 is 19.6 Å². The SMILES string of the molecule is CC[C@H](NC(=O)COc1ccc2c(=O)c(-c3ccc(Cl)cc3)c(C)oc2c1)C(=O)O. The predicted octanol–water partition coefficient (Wildman–Crippen LogP) is 3.78. The van der Waals surface area contributed by atoms with E-state index in [4.69, 9.17) is 25.9 Å². The predicted molar refractivity (Wildman–Crippen MR) is 113 cm³/mol. The zero-order valence-electron chi connectivity index (χ0n) is 16.4. The first kappa shape index (κ1) is 21.4. The number of carbonyl (C=O) groups is 2. The molecule has 30 heavy (non-hydrogen) atoms. The summed E-state index contributed by atoms with van der Waals surface area (Å²) >= 11 is 5.92. The molecule has 3 rings (SSSR count). The molecule has 0 unspecified atom stereocenters. The van der Waals surface area contributed by atoms with Crippen LogP contribution >= 0.6 is 11.6 Å². The second kappa shape index (κ2) is 9.00.